The van der Waals surface area contributed by atoms with Gasteiger partial charge in [0.25, 0.3) is 0 Å². The summed E-state index contributed by atoms with van der Waals surface area (Å²) in [7, 11) is 0. The first-order valence-corrected chi connectivity index (χ1v) is 9.24. The second-order valence-corrected chi connectivity index (χ2v) is 7.70. The fourth-order valence-electron chi connectivity index (χ4n) is 2.50. The Balaban J connectivity index is 2.00. The van der Waals surface area contributed by atoms with E-state index in [0.29, 0.717) is 12.3 Å². The summed E-state index contributed by atoms with van der Waals surface area (Å²) in [6.45, 7) is 7.59. The van der Waals surface area contributed by atoms with Gasteiger partial charge in [0, 0.05) is 6.54 Å². The molecule has 0 fully saturated rings. The normalized spacial score (nSPS) is 12.4. The van der Waals surface area contributed by atoms with Crippen LogP contribution in [0.2, 0.25) is 0 Å². The van der Waals surface area contributed by atoms with Crippen LogP contribution >= 0.6 is 0 Å². The lowest BCUT2D eigenvalue weighted by Crippen LogP contribution is -2.43. The van der Waals surface area contributed by atoms with Gasteiger partial charge >= 0.3 is 6.09 Å². The minimum Gasteiger partial charge on any atom is -0.489 e. The lowest BCUT2D eigenvalue weighted by atomic mass is 10.1. The Bertz CT molecular complexity index is 771. The van der Waals surface area contributed by atoms with Crippen LogP contribution in [0.25, 0.3) is 0 Å². The second-order valence-electron chi connectivity index (χ2n) is 7.70. The zero-order valence-corrected chi connectivity index (χ0v) is 16.8. The summed E-state index contributed by atoms with van der Waals surface area (Å²) < 4.78 is 24.3. The van der Waals surface area contributed by atoms with E-state index in [1.165, 1.54) is 17.0 Å². The monoisotopic (exact) mass is 389 g/mol. The number of hydrogen-bond acceptors (Lipinski definition) is 4. The van der Waals surface area contributed by atoms with Crippen LogP contribution in [-0.4, -0.2) is 34.3 Å². The van der Waals surface area contributed by atoms with E-state index in [1.54, 1.807) is 52.0 Å². The smallest absolute Gasteiger partial charge is 0.410 e. The number of amides is 1. The predicted molar refractivity (Wildman–Crippen MR) is 105 cm³/mol. The molecule has 0 aliphatic rings. The van der Waals surface area contributed by atoms with Gasteiger partial charge in [-0.25, -0.2) is 9.18 Å². The van der Waals surface area contributed by atoms with Gasteiger partial charge < -0.3 is 14.6 Å². The van der Waals surface area contributed by atoms with Crippen LogP contribution in [0.5, 0.6) is 5.75 Å². The van der Waals surface area contributed by atoms with Gasteiger partial charge in [0.05, 0.1) is 12.6 Å². The molecule has 0 bridgehead atoms. The number of carbonyl (C=O) groups is 1. The van der Waals surface area contributed by atoms with Crippen molar-refractivity contribution in [2.24, 2.45) is 0 Å². The highest BCUT2D eigenvalue weighted by molar-refractivity contribution is 5.68. The van der Waals surface area contributed by atoms with Crippen LogP contribution in [0.1, 0.15) is 38.8 Å². The third-order valence-corrected chi connectivity index (χ3v) is 4.00. The zero-order valence-electron chi connectivity index (χ0n) is 16.8. The molecule has 0 saturated carbocycles. The van der Waals surface area contributed by atoms with Crippen molar-refractivity contribution in [3.8, 4) is 5.75 Å². The van der Waals surface area contributed by atoms with E-state index in [-0.39, 0.29) is 25.1 Å². The average Bonchev–Trinajstić information content (AvgIpc) is 2.63. The summed E-state index contributed by atoms with van der Waals surface area (Å²) in [4.78, 5) is 13.9. The Morgan fingerprint density at radius 3 is 2.39 bits per heavy atom. The lowest BCUT2D eigenvalue weighted by Gasteiger charge is -2.31. The molecular weight excluding hydrogens is 361 g/mol. The fraction of sp³-hybridized carbons (Fsp3) is 0.409. The molecule has 0 aliphatic carbocycles. The van der Waals surface area contributed by atoms with Crippen molar-refractivity contribution in [3.05, 3.63) is 65.5 Å². The zero-order chi connectivity index (χ0) is 20.7. The SMILES string of the molecule is C[C@@H](CO)N(Cc1ccc(OCc2cccc(F)c2)cc1)C(=O)OC(C)(C)C. The number of aliphatic hydroxyl groups is 1. The number of rotatable bonds is 7. The highest BCUT2D eigenvalue weighted by Gasteiger charge is 2.25. The van der Waals surface area contributed by atoms with Gasteiger partial charge in [-0.3, -0.25) is 4.90 Å². The van der Waals surface area contributed by atoms with E-state index in [0.717, 1.165) is 11.1 Å². The molecule has 0 aromatic heterocycles. The van der Waals surface area contributed by atoms with E-state index in [2.05, 4.69) is 0 Å². The Hall–Kier alpha value is -2.60. The quantitative estimate of drug-likeness (QED) is 0.756. The molecule has 28 heavy (non-hydrogen) atoms. The van der Waals surface area contributed by atoms with Crippen LogP contribution in [0.15, 0.2) is 48.5 Å². The molecule has 1 atom stereocenters. The van der Waals surface area contributed by atoms with Crippen molar-refractivity contribution in [2.45, 2.75) is 52.5 Å². The molecule has 1 amide bonds. The molecular formula is C22H28FNO4. The van der Waals surface area contributed by atoms with Crippen LogP contribution in [0.4, 0.5) is 9.18 Å². The maximum Gasteiger partial charge on any atom is 0.410 e. The minimum atomic E-state index is -0.612. The van der Waals surface area contributed by atoms with Crippen LogP contribution in [0, 0.1) is 5.82 Å². The molecule has 0 radical (unpaired) electrons. The fourth-order valence-corrected chi connectivity index (χ4v) is 2.50. The highest BCUT2D eigenvalue weighted by Crippen LogP contribution is 2.19. The third kappa shape index (κ3) is 6.85. The Morgan fingerprint density at radius 1 is 1.14 bits per heavy atom. The number of nitrogens with zero attached hydrogens (tertiary/aromatic N) is 1. The minimum absolute atomic E-state index is 0.159. The molecule has 0 unspecified atom stereocenters. The Kier molecular flexibility index (Phi) is 7.40. The number of ether oxygens (including phenoxy) is 2. The van der Waals surface area contributed by atoms with Crippen molar-refractivity contribution in [3.63, 3.8) is 0 Å². The number of carbonyl (C=O) groups excluding carboxylic acids is 1. The third-order valence-electron chi connectivity index (χ3n) is 4.00. The van der Waals surface area contributed by atoms with Gasteiger partial charge in [-0.15, -0.1) is 0 Å². The number of halogens is 1. The second kappa shape index (κ2) is 9.55. The van der Waals surface area contributed by atoms with E-state index in [4.69, 9.17) is 9.47 Å². The molecule has 0 aliphatic heterocycles. The molecule has 152 valence electrons. The van der Waals surface area contributed by atoms with Gasteiger partial charge in [-0.1, -0.05) is 24.3 Å². The maximum absolute atomic E-state index is 13.2. The predicted octanol–water partition coefficient (Wildman–Crippen LogP) is 4.52. The molecule has 2 aromatic carbocycles. The van der Waals surface area contributed by atoms with Gasteiger partial charge in [0.1, 0.15) is 23.8 Å². The molecule has 5 nitrogen and oxygen atoms in total. The standard InChI is InChI=1S/C22H28FNO4/c1-16(14-25)24(21(26)28-22(2,3)4)13-17-8-10-20(11-9-17)27-15-18-6-5-7-19(23)12-18/h5-12,16,25H,13-15H2,1-4H3/t16-/m0/s1. The molecule has 0 saturated heterocycles. The Morgan fingerprint density at radius 2 is 1.82 bits per heavy atom. The van der Waals surface area contributed by atoms with Crippen molar-refractivity contribution >= 4 is 6.09 Å². The molecule has 6 heteroatoms. The van der Waals surface area contributed by atoms with Gasteiger partial charge in [0.15, 0.2) is 0 Å². The summed E-state index contributed by atoms with van der Waals surface area (Å²) >= 11 is 0. The topological polar surface area (TPSA) is 59.0 Å². The van der Waals surface area contributed by atoms with E-state index < -0.39 is 11.7 Å². The lowest BCUT2D eigenvalue weighted by molar-refractivity contribution is 0.00937. The molecule has 1 N–H and O–H groups in total. The first kappa shape index (κ1) is 21.7. The highest BCUT2D eigenvalue weighted by atomic mass is 19.1. The van der Waals surface area contributed by atoms with Gasteiger partial charge in [0.2, 0.25) is 0 Å². The average molecular weight is 389 g/mol. The van der Waals surface area contributed by atoms with Crippen molar-refractivity contribution in [1.82, 2.24) is 4.90 Å². The molecule has 0 spiro atoms. The van der Waals surface area contributed by atoms with Crippen molar-refractivity contribution in [1.29, 1.82) is 0 Å². The van der Waals surface area contributed by atoms with Crippen LogP contribution in [0.3, 0.4) is 0 Å². The van der Waals surface area contributed by atoms with E-state index in [1.807, 2.05) is 12.1 Å². The van der Waals surface area contributed by atoms with E-state index in [9.17, 15) is 14.3 Å². The van der Waals surface area contributed by atoms with Gasteiger partial charge in [-0.2, -0.15) is 0 Å². The number of aliphatic hydroxyl groups excluding tert-OH is 1. The first-order chi connectivity index (χ1) is 13.2. The summed E-state index contributed by atoms with van der Waals surface area (Å²) in [6.07, 6.45) is -0.472. The largest absolute Gasteiger partial charge is 0.489 e. The van der Waals surface area contributed by atoms with Crippen LogP contribution in [-0.2, 0) is 17.9 Å². The summed E-state index contributed by atoms with van der Waals surface area (Å²) in [5.74, 6) is 0.351. The summed E-state index contributed by atoms with van der Waals surface area (Å²) in [6, 6.07) is 13.2. The van der Waals surface area contributed by atoms with Crippen LogP contribution < -0.4 is 4.74 Å². The molecule has 0 heterocycles. The first-order valence-electron chi connectivity index (χ1n) is 9.24. The maximum atomic E-state index is 13.2. The van der Waals surface area contributed by atoms with Gasteiger partial charge in [-0.05, 0) is 63.1 Å². The van der Waals surface area contributed by atoms with Crippen molar-refractivity contribution in [2.75, 3.05) is 6.61 Å². The van der Waals surface area contributed by atoms with Crippen molar-refractivity contribution < 1.29 is 23.8 Å². The molecule has 2 aromatic rings. The Labute approximate surface area is 165 Å². The van der Waals surface area contributed by atoms with E-state index >= 15 is 0 Å². The summed E-state index contributed by atoms with van der Waals surface area (Å²) in [5.41, 5.74) is 1.01. The summed E-state index contributed by atoms with van der Waals surface area (Å²) in [5, 5.41) is 9.48. The number of hydrogen-bond donors (Lipinski definition) is 1. The molecule has 2 rings (SSSR count). The number of benzene rings is 2.